The summed E-state index contributed by atoms with van der Waals surface area (Å²) in [4.78, 5) is 5.69. The van der Waals surface area contributed by atoms with Crippen LogP contribution in [0, 0.1) is 6.92 Å². The maximum Gasteiger partial charge on any atom is 0.145 e. The Morgan fingerprint density at radius 3 is 2.70 bits per heavy atom. The van der Waals surface area contributed by atoms with Crippen LogP contribution in [0.4, 0.5) is 5.69 Å². The molecule has 3 rings (SSSR count). The van der Waals surface area contributed by atoms with Crippen molar-refractivity contribution >= 4 is 39.6 Å². The lowest BCUT2D eigenvalue weighted by Gasteiger charge is -2.02. The van der Waals surface area contributed by atoms with Crippen LogP contribution in [0.3, 0.4) is 0 Å². The molecule has 4 heteroatoms. The minimum Gasteiger partial charge on any atom is -0.455 e. The molecule has 1 aromatic heterocycles. The highest BCUT2D eigenvalue weighted by atomic mass is 79.9. The predicted molar refractivity (Wildman–Crippen MR) is 102 cm³/mol. The van der Waals surface area contributed by atoms with Crippen LogP contribution in [0.25, 0.3) is 11.3 Å². The molecule has 3 aromatic rings. The fourth-order valence-electron chi connectivity index (χ4n) is 2.26. The number of hydrogen-bond donors (Lipinski definition) is 0. The van der Waals surface area contributed by atoms with Crippen molar-refractivity contribution in [3.63, 3.8) is 0 Å². The van der Waals surface area contributed by atoms with E-state index in [9.17, 15) is 0 Å². The van der Waals surface area contributed by atoms with Crippen LogP contribution in [0.15, 0.2) is 73.4 Å². The van der Waals surface area contributed by atoms with Gasteiger partial charge in [0.2, 0.25) is 0 Å². The van der Waals surface area contributed by atoms with Gasteiger partial charge >= 0.3 is 0 Å². The van der Waals surface area contributed by atoms with Crippen molar-refractivity contribution in [1.82, 2.24) is 0 Å². The molecule has 0 radical (unpaired) electrons. The number of benzene rings is 2. The first-order valence-electron chi connectivity index (χ1n) is 7.21. The van der Waals surface area contributed by atoms with E-state index in [4.69, 9.17) is 4.42 Å². The molecular formula is C19H16BrNOS. The molecule has 0 amide bonds. The molecule has 0 saturated carbocycles. The predicted octanol–water partition coefficient (Wildman–Crippen LogP) is 6.49. The van der Waals surface area contributed by atoms with Crippen LogP contribution in [0.1, 0.15) is 11.3 Å². The molecule has 0 bridgehead atoms. The topological polar surface area (TPSA) is 25.5 Å². The molecule has 116 valence electrons. The van der Waals surface area contributed by atoms with Crippen molar-refractivity contribution in [3.05, 3.63) is 70.4 Å². The quantitative estimate of drug-likeness (QED) is 0.378. The third-order valence-electron chi connectivity index (χ3n) is 3.43. The first kappa shape index (κ1) is 16.1. The van der Waals surface area contributed by atoms with Gasteiger partial charge in [0.25, 0.3) is 0 Å². The summed E-state index contributed by atoms with van der Waals surface area (Å²) in [7, 11) is 0. The lowest BCUT2D eigenvalue weighted by molar-refractivity contribution is 0.575. The van der Waals surface area contributed by atoms with Gasteiger partial charge in [0.1, 0.15) is 11.5 Å². The van der Waals surface area contributed by atoms with Gasteiger partial charge < -0.3 is 4.42 Å². The van der Waals surface area contributed by atoms with Gasteiger partial charge in [-0.2, -0.15) is 0 Å². The Bertz CT molecular complexity index is 854. The van der Waals surface area contributed by atoms with E-state index in [0.29, 0.717) is 0 Å². The molecule has 0 aliphatic heterocycles. The van der Waals surface area contributed by atoms with Crippen molar-refractivity contribution in [1.29, 1.82) is 0 Å². The summed E-state index contributed by atoms with van der Waals surface area (Å²) < 4.78 is 6.93. The van der Waals surface area contributed by atoms with Crippen LogP contribution < -0.4 is 0 Å². The Morgan fingerprint density at radius 1 is 1.09 bits per heavy atom. The Kier molecular flexibility index (Phi) is 5.03. The summed E-state index contributed by atoms with van der Waals surface area (Å²) in [6.45, 7) is 2.07. The van der Waals surface area contributed by atoms with Crippen LogP contribution in [0.5, 0.6) is 0 Å². The number of halogens is 1. The van der Waals surface area contributed by atoms with E-state index >= 15 is 0 Å². The zero-order valence-corrected chi connectivity index (χ0v) is 15.3. The second-order valence-corrected chi connectivity index (χ2v) is 6.82. The van der Waals surface area contributed by atoms with Gasteiger partial charge in [-0.25, -0.2) is 0 Å². The van der Waals surface area contributed by atoms with Gasteiger partial charge in [0.15, 0.2) is 0 Å². The standard InChI is InChI=1S/C19H16BrNOS/c1-13-7-9-15(16(20)11-13)18-10-8-14(22-18)12-21-17-5-3-4-6-19(17)23-2/h3-12H,1-2H3. The van der Waals surface area contributed by atoms with Gasteiger partial charge in [-0.3, -0.25) is 4.99 Å². The van der Waals surface area contributed by atoms with Crippen LogP contribution in [-0.4, -0.2) is 12.5 Å². The first-order valence-corrected chi connectivity index (χ1v) is 9.22. The summed E-state index contributed by atoms with van der Waals surface area (Å²) in [6, 6.07) is 18.2. The highest BCUT2D eigenvalue weighted by Crippen LogP contribution is 2.31. The molecule has 0 spiro atoms. The summed E-state index contributed by atoms with van der Waals surface area (Å²) in [5.41, 5.74) is 3.21. The van der Waals surface area contributed by atoms with E-state index in [1.54, 1.807) is 18.0 Å². The zero-order chi connectivity index (χ0) is 16.2. The average molecular weight is 386 g/mol. The van der Waals surface area contributed by atoms with Crippen LogP contribution >= 0.6 is 27.7 Å². The summed E-state index contributed by atoms with van der Waals surface area (Å²) in [5.74, 6) is 1.57. The third-order valence-corrected chi connectivity index (χ3v) is 4.87. The first-order chi connectivity index (χ1) is 11.2. The fraction of sp³-hybridized carbons (Fsp3) is 0.105. The highest BCUT2D eigenvalue weighted by Gasteiger charge is 2.08. The number of thioether (sulfide) groups is 1. The molecule has 0 saturated heterocycles. The highest BCUT2D eigenvalue weighted by molar-refractivity contribution is 9.10. The number of nitrogens with zero attached hydrogens (tertiary/aromatic N) is 1. The van der Waals surface area contributed by atoms with Crippen molar-refractivity contribution in [2.45, 2.75) is 11.8 Å². The number of aryl methyl sites for hydroxylation is 1. The van der Waals surface area contributed by atoms with Gasteiger partial charge in [0, 0.05) is 14.9 Å². The molecular weight excluding hydrogens is 370 g/mol. The van der Waals surface area contributed by atoms with Gasteiger partial charge in [0.05, 0.1) is 11.9 Å². The van der Waals surface area contributed by atoms with Gasteiger partial charge in [-0.15, -0.1) is 11.8 Å². The Labute approximate surface area is 148 Å². The number of para-hydroxylation sites is 1. The smallest absolute Gasteiger partial charge is 0.145 e. The monoisotopic (exact) mass is 385 g/mol. The normalized spacial score (nSPS) is 11.3. The molecule has 2 nitrogen and oxygen atoms in total. The molecule has 1 heterocycles. The second kappa shape index (κ2) is 7.20. The van der Waals surface area contributed by atoms with Crippen molar-refractivity contribution in [3.8, 4) is 11.3 Å². The van der Waals surface area contributed by atoms with E-state index in [1.165, 1.54) is 5.56 Å². The third kappa shape index (κ3) is 3.77. The summed E-state index contributed by atoms with van der Waals surface area (Å²) in [6.07, 6.45) is 3.81. The van der Waals surface area contributed by atoms with E-state index in [2.05, 4.69) is 52.1 Å². The van der Waals surface area contributed by atoms with Gasteiger partial charge in [-0.1, -0.05) is 34.1 Å². The Morgan fingerprint density at radius 2 is 1.91 bits per heavy atom. The summed E-state index contributed by atoms with van der Waals surface area (Å²) >= 11 is 5.28. The lowest BCUT2D eigenvalue weighted by atomic mass is 10.1. The zero-order valence-electron chi connectivity index (χ0n) is 12.9. The van der Waals surface area contributed by atoms with Crippen LogP contribution in [-0.2, 0) is 0 Å². The van der Waals surface area contributed by atoms with E-state index < -0.39 is 0 Å². The largest absolute Gasteiger partial charge is 0.455 e. The second-order valence-electron chi connectivity index (χ2n) is 5.12. The van der Waals surface area contributed by atoms with E-state index in [1.807, 2.05) is 36.6 Å². The molecule has 0 fully saturated rings. The van der Waals surface area contributed by atoms with E-state index in [-0.39, 0.29) is 0 Å². The number of rotatable bonds is 4. The average Bonchev–Trinajstić information content (AvgIpc) is 3.02. The number of hydrogen-bond acceptors (Lipinski definition) is 3. The molecule has 23 heavy (non-hydrogen) atoms. The lowest BCUT2D eigenvalue weighted by Crippen LogP contribution is -1.79. The Balaban J connectivity index is 1.86. The van der Waals surface area contributed by atoms with Crippen molar-refractivity contribution in [2.75, 3.05) is 6.26 Å². The molecule has 0 atom stereocenters. The van der Waals surface area contributed by atoms with E-state index in [0.717, 1.165) is 32.1 Å². The minimum atomic E-state index is 0.739. The van der Waals surface area contributed by atoms with Crippen molar-refractivity contribution < 1.29 is 4.42 Å². The van der Waals surface area contributed by atoms with Crippen molar-refractivity contribution in [2.24, 2.45) is 4.99 Å². The SMILES string of the molecule is CSc1ccccc1N=Cc1ccc(-c2ccc(C)cc2Br)o1. The Hall–Kier alpha value is -1.78. The summed E-state index contributed by atoms with van der Waals surface area (Å²) in [5, 5.41) is 0. The molecule has 0 aliphatic carbocycles. The van der Waals surface area contributed by atoms with Gasteiger partial charge in [-0.05, 0) is 55.1 Å². The molecule has 0 unspecified atom stereocenters. The fourth-order valence-corrected chi connectivity index (χ4v) is 3.49. The molecule has 2 aromatic carbocycles. The maximum atomic E-state index is 5.90. The van der Waals surface area contributed by atoms with Crippen LogP contribution in [0.2, 0.25) is 0 Å². The number of furan rings is 1. The maximum absolute atomic E-state index is 5.90. The molecule has 0 aliphatic rings. The minimum absolute atomic E-state index is 0.739. The number of aliphatic imine (C=N–C) groups is 1. The molecule has 0 N–H and O–H groups in total.